The Morgan fingerprint density at radius 1 is 1.30 bits per heavy atom. The van der Waals surface area contributed by atoms with Crippen molar-refractivity contribution in [2.24, 2.45) is 0 Å². The van der Waals surface area contributed by atoms with Crippen LogP contribution in [-0.2, 0) is 0 Å². The third-order valence-electron chi connectivity index (χ3n) is 4.81. The van der Waals surface area contributed by atoms with Crippen LogP contribution in [0.25, 0.3) is 16.9 Å². The van der Waals surface area contributed by atoms with E-state index in [1.165, 1.54) is 10.9 Å². The van der Waals surface area contributed by atoms with Gasteiger partial charge in [-0.1, -0.05) is 0 Å². The van der Waals surface area contributed by atoms with Crippen molar-refractivity contribution in [1.82, 2.24) is 25.1 Å². The Kier molecular flexibility index (Phi) is 4.47. The summed E-state index contributed by atoms with van der Waals surface area (Å²) in [6.07, 6.45) is 4.31. The molecule has 0 aliphatic heterocycles. The molecule has 0 saturated heterocycles. The van der Waals surface area contributed by atoms with Gasteiger partial charge in [-0.3, -0.25) is 4.79 Å². The number of nitrogens with one attached hydrogen (secondary N) is 2. The smallest absolute Gasteiger partial charge is 0.256 e. The van der Waals surface area contributed by atoms with E-state index >= 15 is 0 Å². The number of rotatable bonds is 5. The minimum Gasteiger partial charge on any atom is -0.383 e. The number of amides is 1. The van der Waals surface area contributed by atoms with Crippen LogP contribution in [0.3, 0.4) is 0 Å². The van der Waals surface area contributed by atoms with Gasteiger partial charge < -0.3 is 16.4 Å². The Morgan fingerprint density at radius 2 is 2.07 bits per heavy atom. The number of fused-ring (bicyclic) bond motifs is 1. The molecule has 30 heavy (non-hydrogen) atoms. The van der Waals surface area contributed by atoms with E-state index in [0.29, 0.717) is 40.9 Å². The maximum Gasteiger partial charge on any atom is 0.256 e. The number of aromatic nitrogens is 4. The first-order valence-electron chi connectivity index (χ1n) is 9.41. The molecular formula is C20H19N9O. The molecule has 0 aromatic carbocycles. The van der Waals surface area contributed by atoms with E-state index in [9.17, 15) is 10.1 Å². The number of pyridine rings is 2. The third kappa shape index (κ3) is 3.35. The summed E-state index contributed by atoms with van der Waals surface area (Å²) in [4.78, 5) is 21.4. The molecule has 0 radical (unpaired) electrons. The van der Waals surface area contributed by atoms with Crippen molar-refractivity contribution in [3.05, 3.63) is 35.7 Å². The maximum absolute atomic E-state index is 12.8. The van der Waals surface area contributed by atoms with E-state index < -0.39 is 5.54 Å². The SMILES string of the molecule is CC(C)Nc1cc(-n2ncc3cc(C#N)c(N)nc32)ncc1C(=O)NC1(C#N)CC1. The third-order valence-corrected chi connectivity index (χ3v) is 4.81. The lowest BCUT2D eigenvalue weighted by molar-refractivity contribution is 0.0942. The molecule has 150 valence electrons. The second-order valence-electron chi connectivity index (χ2n) is 7.54. The molecule has 1 aliphatic carbocycles. The highest BCUT2D eigenvalue weighted by molar-refractivity contribution is 6.00. The summed E-state index contributed by atoms with van der Waals surface area (Å²) in [6, 6.07) is 7.52. The summed E-state index contributed by atoms with van der Waals surface area (Å²) in [5.74, 6) is 0.180. The lowest BCUT2D eigenvalue weighted by Crippen LogP contribution is -2.36. The van der Waals surface area contributed by atoms with Crippen LogP contribution in [0.1, 0.15) is 42.6 Å². The van der Waals surface area contributed by atoms with Gasteiger partial charge in [0.15, 0.2) is 11.5 Å². The maximum atomic E-state index is 12.8. The van der Waals surface area contributed by atoms with Crippen LogP contribution in [0.2, 0.25) is 0 Å². The molecule has 3 aromatic heterocycles. The minimum absolute atomic E-state index is 0.0546. The molecule has 0 bridgehead atoms. The van der Waals surface area contributed by atoms with Crippen molar-refractivity contribution >= 4 is 28.4 Å². The summed E-state index contributed by atoms with van der Waals surface area (Å²) < 4.78 is 1.50. The number of nitriles is 2. The Bertz CT molecular complexity index is 1240. The van der Waals surface area contributed by atoms with Gasteiger partial charge in [-0.15, -0.1) is 0 Å². The van der Waals surface area contributed by atoms with Gasteiger partial charge in [-0.2, -0.15) is 20.3 Å². The summed E-state index contributed by atoms with van der Waals surface area (Å²) >= 11 is 0. The van der Waals surface area contributed by atoms with Gasteiger partial charge in [-0.05, 0) is 32.8 Å². The molecule has 1 saturated carbocycles. The van der Waals surface area contributed by atoms with Crippen molar-refractivity contribution < 1.29 is 4.79 Å². The van der Waals surface area contributed by atoms with Gasteiger partial charge in [0.25, 0.3) is 5.91 Å². The molecule has 1 aliphatic rings. The molecule has 0 atom stereocenters. The fraction of sp³-hybridized carbons (Fsp3) is 0.300. The average Bonchev–Trinajstić information content (AvgIpc) is 3.37. The number of hydrogen-bond acceptors (Lipinski definition) is 8. The number of hydrogen-bond donors (Lipinski definition) is 3. The van der Waals surface area contributed by atoms with Crippen LogP contribution in [-0.4, -0.2) is 37.2 Å². The highest BCUT2D eigenvalue weighted by atomic mass is 16.1. The molecule has 4 rings (SSSR count). The van der Waals surface area contributed by atoms with E-state index in [1.54, 1.807) is 18.3 Å². The van der Waals surface area contributed by atoms with Crippen molar-refractivity contribution in [3.63, 3.8) is 0 Å². The van der Waals surface area contributed by atoms with Crippen LogP contribution in [0.5, 0.6) is 0 Å². The summed E-state index contributed by atoms with van der Waals surface area (Å²) in [5, 5.41) is 29.4. The number of nitrogens with two attached hydrogens (primary N) is 1. The second-order valence-corrected chi connectivity index (χ2v) is 7.54. The monoisotopic (exact) mass is 401 g/mol. The number of nitrogen functional groups attached to an aromatic ring is 1. The van der Waals surface area contributed by atoms with E-state index in [1.807, 2.05) is 19.9 Å². The summed E-state index contributed by atoms with van der Waals surface area (Å²) in [5.41, 5.74) is 6.70. The number of anilines is 2. The molecule has 1 amide bonds. The molecule has 1 fully saturated rings. The minimum atomic E-state index is -0.775. The highest BCUT2D eigenvalue weighted by Crippen LogP contribution is 2.35. The molecule has 4 N–H and O–H groups in total. The molecule has 10 nitrogen and oxygen atoms in total. The quantitative estimate of drug-likeness (QED) is 0.584. The molecule has 0 spiro atoms. The molecule has 10 heteroatoms. The van der Waals surface area contributed by atoms with E-state index in [-0.39, 0.29) is 23.3 Å². The molecular weight excluding hydrogens is 382 g/mol. The fourth-order valence-corrected chi connectivity index (χ4v) is 3.08. The van der Waals surface area contributed by atoms with Crippen LogP contribution >= 0.6 is 0 Å². The lowest BCUT2D eigenvalue weighted by atomic mass is 10.1. The van der Waals surface area contributed by atoms with Crippen LogP contribution in [0.15, 0.2) is 24.5 Å². The van der Waals surface area contributed by atoms with Gasteiger partial charge in [0.05, 0.1) is 29.1 Å². The number of carbonyl (C=O) groups is 1. The van der Waals surface area contributed by atoms with Crippen molar-refractivity contribution in [1.29, 1.82) is 10.5 Å². The van der Waals surface area contributed by atoms with Gasteiger partial charge in [0.1, 0.15) is 17.4 Å². The first-order valence-corrected chi connectivity index (χ1v) is 9.41. The zero-order chi connectivity index (χ0) is 21.5. The lowest BCUT2D eigenvalue weighted by Gasteiger charge is -2.17. The van der Waals surface area contributed by atoms with E-state index in [4.69, 9.17) is 11.0 Å². The molecule has 0 unspecified atom stereocenters. The summed E-state index contributed by atoms with van der Waals surface area (Å²) in [6.45, 7) is 3.91. The molecule has 3 aromatic rings. The van der Waals surface area contributed by atoms with E-state index in [0.717, 1.165) is 0 Å². The predicted molar refractivity (Wildman–Crippen MR) is 110 cm³/mol. The van der Waals surface area contributed by atoms with Crippen LogP contribution in [0.4, 0.5) is 11.5 Å². The standard InChI is InChI=1S/C20H19N9O/c1-11(2)26-15-6-16(24-9-14(15)19(30)28-20(10-22)3-4-20)29-18-13(8-25-29)5-12(7-21)17(23)27-18/h5-6,8-9,11H,3-4H2,1-2H3,(H2,23,27)(H,24,26)(H,28,30). The summed E-state index contributed by atoms with van der Waals surface area (Å²) in [7, 11) is 0. The van der Waals surface area contributed by atoms with Crippen LogP contribution in [0, 0.1) is 22.7 Å². The Morgan fingerprint density at radius 3 is 2.70 bits per heavy atom. The van der Waals surface area contributed by atoms with Gasteiger partial charge in [0, 0.05) is 23.7 Å². The Labute approximate surface area is 172 Å². The Balaban J connectivity index is 1.76. The number of carbonyl (C=O) groups excluding carboxylic acids is 1. The highest BCUT2D eigenvalue weighted by Gasteiger charge is 2.45. The fourth-order valence-electron chi connectivity index (χ4n) is 3.08. The predicted octanol–water partition coefficient (Wildman–Crippen LogP) is 1.88. The van der Waals surface area contributed by atoms with Gasteiger partial charge in [-0.25, -0.2) is 9.97 Å². The Hall–Kier alpha value is -4.18. The zero-order valence-electron chi connectivity index (χ0n) is 16.5. The van der Waals surface area contributed by atoms with E-state index in [2.05, 4.69) is 31.8 Å². The number of nitrogens with zero attached hydrogens (tertiary/aromatic N) is 6. The first kappa shape index (κ1) is 19.2. The van der Waals surface area contributed by atoms with Crippen molar-refractivity contribution in [2.75, 3.05) is 11.1 Å². The van der Waals surface area contributed by atoms with Crippen molar-refractivity contribution in [2.45, 2.75) is 38.3 Å². The topological polar surface area (TPSA) is 158 Å². The average molecular weight is 401 g/mol. The molecule has 3 heterocycles. The second kappa shape index (κ2) is 7.01. The zero-order valence-corrected chi connectivity index (χ0v) is 16.5. The van der Waals surface area contributed by atoms with Crippen LogP contribution < -0.4 is 16.4 Å². The van der Waals surface area contributed by atoms with Crippen molar-refractivity contribution in [3.8, 4) is 18.0 Å². The van der Waals surface area contributed by atoms with Gasteiger partial charge >= 0.3 is 0 Å². The first-order chi connectivity index (χ1) is 14.4. The van der Waals surface area contributed by atoms with Gasteiger partial charge in [0.2, 0.25) is 0 Å². The normalized spacial score (nSPS) is 14.2. The largest absolute Gasteiger partial charge is 0.383 e.